The number of phenolic OH excluding ortho intramolecular Hbond substituents is 1. The first-order valence-electron chi connectivity index (χ1n) is 6.28. The van der Waals surface area contributed by atoms with Crippen LogP contribution in [0.5, 0.6) is 5.75 Å². The molecule has 5 nitrogen and oxygen atoms in total. The summed E-state index contributed by atoms with van der Waals surface area (Å²) < 4.78 is 0. The molecule has 0 aliphatic heterocycles. The molecule has 0 amide bonds. The molecule has 0 radical (unpaired) electrons. The quantitative estimate of drug-likeness (QED) is 0.504. The van der Waals surface area contributed by atoms with Crippen molar-refractivity contribution in [3.63, 3.8) is 0 Å². The van der Waals surface area contributed by atoms with Crippen molar-refractivity contribution in [1.29, 1.82) is 0 Å². The highest BCUT2D eigenvalue weighted by Gasteiger charge is 2.17. The van der Waals surface area contributed by atoms with Crippen molar-refractivity contribution in [2.45, 2.75) is 19.9 Å². The smallest absolute Gasteiger partial charge is 0.296 e. The molecule has 0 saturated carbocycles. The molecule has 0 bridgehead atoms. The van der Waals surface area contributed by atoms with Crippen LogP contribution >= 0.6 is 0 Å². The van der Waals surface area contributed by atoms with Crippen molar-refractivity contribution in [1.82, 2.24) is 0 Å². The van der Waals surface area contributed by atoms with Crippen LogP contribution in [0.25, 0.3) is 0 Å². The number of aryl methyl sites for hydroxylation is 1. The van der Waals surface area contributed by atoms with Crippen LogP contribution in [0.2, 0.25) is 0 Å². The van der Waals surface area contributed by atoms with Crippen LogP contribution in [0.3, 0.4) is 0 Å². The van der Waals surface area contributed by atoms with Crippen LogP contribution in [0, 0.1) is 17.0 Å². The molecule has 0 spiro atoms. The number of benzene rings is 2. The van der Waals surface area contributed by atoms with Crippen LogP contribution in [0.15, 0.2) is 42.5 Å². The minimum Gasteiger partial charge on any atom is -0.508 e. The molecular weight excluding hydrogens is 256 g/mol. The molecule has 1 atom stereocenters. The fraction of sp³-hybridized carbons (Fsp3) is 0.200. The average Bonchev–Trinajstić information content (AvgIpc) is 2.41. The second-order valence-corrected chi connectivity index (χ2v) is 4.68. The van der Waals surface area contributed by atoms with Gasteiger partial charge in [0.05, 0.1) is 11.0 Å². The van der Waals surface area contributed by atoms with E-state index in [1.807, 2.05) is 38.1 Å². The molecule has 104 valence electrons. The van der Waals surface area contributed by atoms with Crippen molar-refractivity contribution in [3.05, 3.63) is 63.7 Å². The highest BCUT2D eigenvalue weighted by atomic mass is 16.6. The highest BCUT2D eigenvalue weighted by Crippen LogP contribution is 2.31. The first-order valence-corrected chi connectivity index (χ1v) is 6.28. The maximum atomic E-state index is 11.0. The van der Waals surface area contributed by atoms with Crippen molar-refractivity contribution in [2.24, 2.45) is 0 Å². The monoisotopic (exact) mass is 272 g/mol. The van der Waals surface area contributed by atoms with Crippen molar-refractivity contribution >= 4 is 11.4 Å². The molecule has 0 fully saturated rings. The van der Waals surface area contributed by atoms with E-state index in [9.17, 15) is 15.2 Å². The lowest BCUT2D eigenvalue weighted by Gasteiger charge is -2.17. The fourth-order valence-electron chi connectivity index (χ4n) is 2.18. The largest absolute Gasteiger partial charge is 0.508 e. The zero-order valence-corrected chi connectivity index (χ0v) is 11.3. The second kappa shape index (κ2) is 5.61. The number of rotatable bonds is 4. The third-order valence-corrected chi connectivity index (χ3v) is 3.20. The lowest BCUT2D eigenvalue weighted by Crippen LogP contribution is -2.09. The summed E-state index contributed by atoms with van der Waals surface area (Å²) >= 11 is 0. The van der Waals surface area contributed by atoms with E-state index in [0.29, 0.717) is 5.69 Å². The van der Waals surface area contributed by atoms with Gasteiger partial charge in [0.2, 0.25) is 0 Å². The molecule has 0 aliphatic rings. The number of aromatic hydroxyl groups is 1. The lowest BCUT2D eigenvalue weighted by molar-refractivity contribution is -0.384. The number of nitrogens with one attached hydrogen (secondary N) is 1. The second-order valence-electron chi connectivity index (χ2n) is 4.68. The maximum Gasteiger partial charge on any atom is 0.296 e. The molecule has 2 N–H and O–H groups in total. The van der Waals surface area contributed by atoms with Crippen LogP contribution < -0.4 is 5.32 Å². The van der Waals surface area contributed by atoms with E-state index in [4.69, 9.17) is 0 Å². The Bertz CT molecular complexity index is 641. The van der Waals surface area contributed by atoms with Gasteiger partial charge in [-0.15, -0.1) is 0 Å². The van der Waals surface area contributed by atoms with E-state index in [1.165, 1.54) is 12.1 Å². The average molecular weight is 272 g/mol. The van der Waals surface area contributed by atoms with Gasteiger partial charge < -0.3 is 10.4 Å². The molecular formula is C15H16N2O3. The summed E-state index contributed by atoms with van der Waals surface area (Å²) in [6.07, 6.45) is 0. The van der Waals surface area contributed by atoms with Gasteiger partial charge in [0.1, 0.15) is 11.4 Å². The number of nitro groups is 1. The van der Waals surface area contributed by atoms with E-state index in [-0.39, 0.29) is 17.5 Å². The Morgan fingerprint density at radius 1 is 1.25 bits per heavy atom. The Hall–Kier alpha value is -2.56. The third-order valence-electron chi connectivity index (χ3n) is 3.20. The van der Waals surface area contributed by atoms with Gasteiger partial charge in [0, 0.05) is 6.04 Å². The normalized spacial score (nSPS) is 11.9. The van der Waals surface area contributed by atoms with Crippen LogP contribution in [0.4, 0.5) is 11.4 Å². The first-order chi connectivity index (χ1) is 9.49. The van der Waals surface area contributed by atoms with Crippen LogP contribution in [-0.4, -0.2) is 10.0 Å². The van der Waals surface area contributed by atoms with Crippen molar-refractivity contribution < 1.29 is 10.0 Å². The standard InChI is InChI=1S/C15H16N2O3/c1-10-5-3-4-6-13(10)11(2)16-14-8-7-12(18)9-15(14)17(19)20/h3-9,11,16,18H,1-2H3. The Balaban J connectivity index is 2.31. The summed E-state index contributed by atoms with van der Waals surface area (Å²) in [6.45, 7) is 3.94. The van der Waals surface area contributed by atoms with E-state index >= 15 is 0 Å². The Morgan fingerprint density at radius 3 is 2.60 bits per heavy atom. The summed E-state index contributed by atoms with van der Waals surface area (Å²) in [7, 11) is 0. The molecule has 0 saturated heterocycles. The summed E-state index contributed by atoms with van der Waals surface area (Å²) in [4.78, 5) is 10.5. The first kappa shape index (κ1) is 13.9. The van der Waals surface area contributed by atoms with Crippen molar-refractivity contribution in [2.75, 3.05) is 5.32 Å². The SMILES string of the molecule is Cc1ccccc1C(C)Nc1ccc(O)cc1[N+](=O)[O-]. The topological polar surface area (TPSA) is 75.4 Å². The van der Waals surface area contributed by atoms with Gasteiger partial charge in [-0.05, 0) is 37.1 Å². The van der Waals surface area contributed by atoms with Gasteiger partial charge >= 0.3 is 0 Å². The van der Waals surface area contributed by atoms with Gasteiger partial charge in [-0.25, -0.2) is 0 Å². The van der Waals surface area contributed by atoms with Gasteiger partial charge in [-0.3, -0.25) is 10.1 Å². The molecule has 5 heteroatoms. The third kappa shape index (κ3) is 2.88. The van der Waals surface area contributed by atoms with Gasteiger partial charge in [-0.2, -0.15) is 0 Å². The number of anilines is 1. The molecule has 1 unspecified atom stereocenters. The number of nitrogens with zero attached hydrogens (tertiary/aromatic N) is 1. The summed E-state index contributed by atoms with van der Waals surface area (Å²) in [5.41, 5.74) is 2.46. The molecule has 0 heterocycles. The van der Waals surface area contributed by atoms with Crippen molar-refractivity contribution in [3.8, 4) is 5.75 Å². The Kier molecular flexibility index (Phi) is 3.89. The summed E-state index contributed by atoms with van der Waals surface area (Å²) in [5, 5.41) is 23.5. The van der Waals surface area contributed by atoms with Gasteiger partial charge in [0.15, 0.2) is 0 Å². The zero-order valence-electron chi connectivity index (χ0n) is 11.3. The van der Waals surface area contributed by atoms with Crippen LogP contribution in [-0.2, 0) is 0 Å². The number of hydrogen-bond acceptors (Lipinski definition) is 4. The zero-order chi connectivity index (χ0) is 14.7. The molecule has 2 aromatic carbocycles. The molecule has 0 aromatic heterocycles. The van der Waals surface area contributed by atoms with E-state index in [0.717, 1.165) is 17.2 Å². The maximum absolute atomic E-state index is 11.0. The molecule has 2 rings (SSSR count). The van der Waals surface area contributed by atoms with E-state index < -0.39 is 4.92 Å². The minimum atomic E-state index is -0.507. The fourth-order valence-corrected chi connectivity index (χ4v) is 2.18. The Labute approximate surface area is 117 Å². The number of nitro benzene ring substituents is 1. The van der Waals surface area contributed by atoms with Gasteiger partial charge in [0.25, 0.3) is 5.69 Å². The van der Waals surface area contributed by atoms with Crippen LogP contribution in [0.1, 0.15) is 24.1 Å². The summed E-state index contributed by atoms with van der Waals surface area (Å²) in [5.74, 6) is -0.120. The minimum absolute atomic E-state index is 0.0700. The lowest BCUT2D eigenvalue weighted by atomic mass is 10.0. The number of phenols is 1. The van der Waals surface area contributed by atoms with E-state index in [2.05, 4.69) is 5.32 Å². The predicted octanol–water partition coefficient (Wildman–Crippen LogP) is 3.78. The van der Waals surface area contributed by atoms with E-state index in [1.54, 1.807) is 0 Å². The highest BCUT2D eigenvalue weighted by molar-refractivity contribution is 5.64. The Morgan fingerprint density at radius 2 is 1.95 bits per heavy atom. The molecule has 20 heavy (non-hydrogen) atoms. The molecule has 0 aliphatic carbocycles. The number of hydrogen-bond donors (Lipinski definition) is 2. The van der Waals surface area contributed by atoms with Gasteiger partial charge in [-0.1, -0.05) is 24.3 Å². The molecule has 2 aromatic rings. The predicted molar refractivity (Wildman–Crippen MR) is 78.0 cm³/mol. The summed E-state index contributed by atoms with van der Waals surface area (Å²) in [6, 6.07) is 11.9.